The Hall–Kier alpha value is -3.36. The number of aromatic nitrogens is 1. The predicted octanol–water partition coefficient (Wildman–Crippen LogP) is 6.88. The first-order valence-electron chi connectivity index (χ1n) is 13.8. The molecule has 0 fully saturated rings. The first kappa shape index (κ1) is 30.7. The number of nitrogens with zero attached hydrogens (tertiary/aromatic N) is 2. The number of esters is 1. The number of halogens is 3. The lowest BCUT2D eigenvalue weighted by molar-refractivity contribution is -0.139. The van der Waals surface area contributed by atoms with E-state index in [9.17, 15) is 14.0 Å². The van der Waals surface area contributed by atoms with Crippen molar-refractivity contribution in [1.29, 1.82) is 0 Å². The van der Waals surface area contributed by atoms with Crippen LogP contribution in [0.2, 0.25) is 0 Å². The van der Waals surface area contributed by atoms with E-state index in [1.165, 1.54) is 28.0 Å². The second kappa shape index (κ2) is 12.9. The van der Waals surface area contributed by atoms with Crippen molar-refractivity contribution in [2.75, 3.05) is 6.61 Å². The summed E-state index contributed by atoms with van der Waals surface area (Å²) >= 11 is 5.74. The van der Waals surface area contributed by atoms with Crippen LogP contribution in [0.5, 0.6) is 5.75 Å². The SMILES string of the molecule is CCOC(=O)C1=C(C)N=c2s/c(=C\c3cc(I)cc(I)c3OCc3cccc4ccccc34)c(=O)n2[C@H]1c1ccc(F)cc1. The Morgan fingerprint density at radius 2 is 1.82 bits per heavy atom. The third-order valence-corrected chi connectivity index (χ3v) is 9.69. The molecule has 0 aliphatic carbocycles. The first-order valence-corrected chi connectivity index (χ1v) is 16.8. The fraction of sp³-hybridized carbons (Fsp3) is 0.147. The third-order valence-electron chi connectivity index (χ3n) is 7.28. The molecule has 1 aliphatic rings. The first-order chi connectivity index (χ1) is 21.2. The minimum Gasteiger partial charge on any atom is -0.487 e. The number of allylic oxidation sites excluding steroid dienone is 1. The normalized spacial score (nSPS) is 14.8. The summed E-state index contributed by atoms with van der Waals surface area (Å²) in [6, 6.07) is 23.3. The largest absolute Gasteiger partial charge is 0.487 e. The highest BCUT2D eigenvalue weighted by molar-refractivity contribution is 14.1. The van der Waals surface area contributed by atoms with Crippen molar-refractivity contribution in [2.45, 2.75) is 26.5 Å². The van der Waals surface area contributed by atoms with Gasteiger partial charge in [0, 0.05) is 9.13 Å². The number of rotatable bonds is 7. The summed E-state index contributed by atoms with van der Waals surface area (Å²) in [5.74, 6) is -0.305. The molecule has 6 nitrogen and oxygen atoms in total. The second-order valence-corrected chi connectivity index (χ2v) is 13.5. The van der Waals surface area contributed by atoms with Gasteiger partial charge >= 0.3 is 5.97 Å². The monoisotopic (exact) mass is 830 g/mol. The van der Waals surface area contributed by atoms with Crippen molar-refractivity contribution in [3.8, 4) is 5.75 Å². The van der Waals surface area contributed by atoms with E-state index in [4.69, 9.17) is 9.47 Å². The van der Waals surface area contributed by atoms with Gasteiger partial charge in [-0.05, 0) is 111 Å². The van der Waals surface area contributed by atoms with Gasteiger partial charge in [-0.3, -0.25) is 9.36 Å². The van der Waals surface area contributed by atoms with Crippen LogP contribution in [-0.4, -0.2) is 17.1 Å². The molecule has 44 heavy (non-hydrogen) atoms. The molecule has 0 bridgehead atoms. The molecule has 0 amide bonds. The van der Waals surface area contributed by atoms with Gasteiger partial charge in [-0.1, -0.05) is 65.9 Å². The Labute approximate surface area is 283 Å². The molecule has 4 aromatic carbocycles. The molecular formula is C34H25FI2N2O4S. The maximum absolute atomic E-state index is 14.1. The minimum atomic E-state index is -0.814. The molecule has 10 heteroatoms. The average molecular weight is 830 g/mol. The van der Waals surface area contributed by atoms with E-state index in [2.05, 4.69) is 74.4 Å². The van der Waals surface area contributed by atoms with Gasteiger partial charge in [0.15, 0.2) is 4.80 Å². The highest BCUT2D eigenvalue weighted by Crippen LogP contribution is 2.32. The van der Waals surface area contributed by atoms with Crippen molar-refractivity contribution in [3.63, 3.8) is 0 Å². The molecule has 0 N–H and O–H groups in total. The van der Waals surface area contributed by atoms with E-state index in [1.807, 2.05) is 36.4 Å². The van der Waals surface area contributed by atoms with Gasteiger partial charge in [-0.25, -0.2) is 14.2 Å². The van der Waals surface area contributed by atoms with Gasteiger partial charge in [0.2, 0.25) is 0 Å². The van der Waals surface area contributed by atoms with E-state index in [-0.39, 0.29) is 17.7 Å². The molecule has 0 radical (unpaired) electrons. The molecule has 0 saturated carbocycles. The van der Waals surface area contributed by atoms with Crippen LogP contribution in [0.1, 0.15) is 36.6 Å². The van der Waals surface area contributed by atoms with Crippen LogP contribution in [0.4, 0.5) is 4.39 Å². The van der Waals surface area contributed by atoms with Crippen LogP contribution in [0.15, 0.2) is 99.9 Å². The van der Waals surface area contributed by atoms with Gasteiger partial charge in [0.25, 0.3) is 5.56 Å². The summed E-state index contributed by atoms with van der Waals surface area (Å²) in [5, 5.41) is 2.26. The number of carbonyl (C=O) groups is 1. The number of carbonyl (C=O) groups excluding carboxylic acids is 1. The second-order valence-electron chi connectivity index (χ2n) is 10.1. The fourth-order valence-corrected chi connectivity index (χ4v) is 8.38. The fourth-order valence-electron chi connectivity index (χ4n) is 5.30. The Morgan fingerprint density at radius 1 is 1.07 bits per heavy atom. The van der Waals surface area contributed by atoms with Crippen molar-refractivity contribution in [2.24, 2.45) is 4.99 Å². The van der Waals surface area contributed by atoms with Gasteiger partial charge in [0.1, 0.15) is 18.2 Å². The Kier molecular flexibility index (Phi) is 9.01. The lowest BCUT2D eigenvalue weighted by Gasteiger charge is -2.24. The topological polar surface area (TPSA) is 69.9 Å². The lowest BCUT2D eigenvalue weighted by Crippen LogP contribution is -2.39. The average Bonchev–Trinajstić information content (AvgIpc) is 3.30. The molecule has 0 spiro atoms. The van der Waals surface area contributed by atoms with Gasteiger partial charge in [-0.15, -0.1) is 0 Å². The molecule has 222 valence electrons. The minimum absolute atomic E-state index is 0.170. The number of hydrogen-bond donors (Lipinski definition) is 0. The van der Waals surface area contributed by atoms with Crippen LogP contribution >= 0.6 is 56.5 Å². The third kappa shape index (κ3) is 5.98. The summed E-state index contributed by atoms with van der Waals surface area (Å²) in [4.78, 5) is 32.3. The Morgan fingerprint density at radius 3 is 2.59 bits per heavy atom. The summed E-state index contributed by atoms with van der Waals surface area (Å²) in [5.41, 5.74) is 2.79. The zero-order valence-electron chi connectivity index (χ0n) is 23.6. The van der Waals surface area contributed by atoms with Crippen molar-refractivity contribution < 1.29 is 18.7 Å². The van der Waals surface area contributed by atoms with Gasteiger partial charge < -0.3 is 9.47 Å². The van der Waals surface area contributed by atoms with E-state index in [0.29, 0.717) is 33.0 Å². The van der Waals surface area contributed by atoms with Gasteiger partial charge in [0.05, 0.1) is 32.0 Å². The highest BCUT2D eigenvalue weighted by Gasteiger charge is 2.33. The number of fused-ring (bicyclic) bond motifs is 2. The van der Waals surface area contributed by atoms with Crippen molar-refractivity contribution in [3.05, 3.63) is 139 Å². The summed E-state index contributed by atoms with van der Waals surface area (Å²) in [6.45, 7) is 3.97. The maximum atomic E-state index is 14.1. The van der Waals surface area contributed by atoms with Gasteiger partial charge in [-0.2, -0.15) is 0 Å². The zero-order valence-corrected chi connectivity index (χ0v) is 28.8. The molecule has 1 aliphatic heterocycles. The molecule has 5 aromatic rings. The number of benzene rings is 4. The summed E-state index contributed by atoms with van der Waals surface area (Å²) in [7, 11) is 0. The van der Waals surface area contributed by atoms with E-state index in [1.54, 1.807) is 26.0 Å². The van der Waals surface area contributed by atoms with Crippen LogP contribution in [0.3, 0.4) is 0 Å². The van der Waals surface area contributed by atoms with Crippen molar-refractivity contribution in [1.82, 2.24) is 4.57 Å². The summed E-state index contributed by atoms with van der Waals surface area (Å²) < 4.78 is 29.5. The van der Waals surface area contributed by atoms with Crippen LogP contribution in [0, 0.1) is 13.0 Å². The van der Waals surface area contributed by atoms with E-state index in [0.717, 1.165) is 29.0 Å². The smallest absolute Gasteiger partial charge is 0.338 e. The Balaban J connectivity index is 1.46. The maximum Gasteiger partial charge on any atom is 0.338 e. The molecule has 1 atom stereocenters. The molecule has 6 rings (SSSR count). The Bertz CT molecular complexity index is 2130. The highest BCUT2D eigenvalue weighted by atomic mass is 127. The number of hydrogen-bond acceptors (Lipinski definition) is 6. The van der Waals surface area contributed by atoms with E-state index >= 15 is 0 Å². The van der Waals surface area contributed by atoms with Crippen LogP contribution in [0.25, 0.3) is 16.8 Å². The molecule has 2 heterocycles. The molecule has 0 saturated heterocycles. The number of thiazole rings is 1. The van der Waals surface area contributed by atoms with Crippen LogP contribution < -0.4 is 19.6 Å². The lowest BCUT2D eigenvalue weighted by atomic mass is 9.96. The predicted molar refractivity (Wildman–Crippen MR) is 187 cm³/mol. The zero-order chi connectivity index (χ0) is 31.0. The van der Waals surface area contributed by atoms with Crippen molar-refractivity contribution >= 4 is 79.3 Å². The summed E-state index contributed by atoms with van der Waals surface area (Å²) in [6.07, 6.45) is 1.82. The standard InChI is InChI=1S/C34H25FI2N2O4S/c1-3-42-33(41)29-19(2)38-34-39(30(29)21-11-13-24(35)14-12-21)32(40)28(44-34)16-23-15-25(36)17-27(37)31(23)43-18-22-9-6-8-20-7-4-5-10-26(20)22/h4-17,30H,3,18H2,1-2H3/b28-16-/t30-/m0/s1. The molecule has 0 unspecified atom stereocenters. The quantitative estimate of drug-likeness (QED) is 0.133. The molecular weight excluding hydrogens is 805 g/mol. The molecule has 1 aromatic heterocycles. The van der Waals surface area contributed by atoms with Crippen LogP contribution in [-0.2, 0) is 16.1 Å². The van der Waals surface area contributed by atoms with E-state index < -0.39 is 17.8 Å². The number of ether oxygens (including phenoxy) is 2.